The van der Waals surface area contributed by atoms with E-state index < -0.39 is 17.7 Å². The fourth-order valence-electron chi connectivity index (χ4n) is 4.88. The fourth-order valence-corrected chi connectivity index (χ4v) is 4.88. The molecule has 1 N–H and O–H groups in total. The average Bonchev–Trinajstić information content (AvgIpc) is 3.62. The number of carbonyl (C=O) groups excluding carboxylic acids is 2. The summed E-state index contributed by atoms with van der Waals surface area (Å²) in [6.07, 6.45) is 9.37. The van der Waals surface area contributed by atoms with Gasteiger partial charge in [-0.3, -0.25) is 9.59 Å². The maximum Gasteiger partial charge on any atom is 0.295 e. The zero-order chi connectivity index (χ0) is 26.8. The minimum absolute atomic E-state index is 0.0292. The molecule has 4 aromatic rings. The number of likely N-dealkylation sites (tertiary alicyclic amines) is 1. The molecule has 0 bridgehead atoms. The standard InChI is InChI=1S/C29H29N5O4/c1-4-17-38-22-10-8-21(9-11-22)25-23(26(35)24-20(3)33-14-5-7-19(2)28(33)31-24)27(36)29(37)34(25)15-6-13-32-16-12-30-18-32/h4-5,7-12,14,16,18,25,35H,1,6,13,15,17H2,2-3H3/b26-23+. The van der Waals surface area contributed by atoms with Gasteiger partial charge in [-0.05, 0) is 49.6 Å². The van der Waals surface area contributed by atoms with E-state index in [4.69, 9.17) is 4.74 Å². The number of amides is 1. The van der Waals surface area contributed by atoms with Gasteiger partial charge in [0.15, 0.2) is 5.76 Å². The van der Waals surface area contributed by atoms with E-state index in [-0.39, 0.29) is 17.0 Å². The number of nitrogens with zero attached hydrogens (tertiary/aromatic N) is 5. The van der Waals surface area contributed by atoms with Crippen LogP contribution in [0.1, 0.15) is 35.0 Å². The molecule has 1 aliphatic rings. The van der Waals surface area contributed by atoms with Crippen LogP contribution < -0.4 is 4.74 Å². The van der Waals surface area contributed by atoms with Gasteiger partial charge in [0.1, 0.15) is 23.7 Å². The predicted octanol–water partition coefficient (Wildman–Crippen LogP) is 4.22. The van der Waals surface area contributed by atoms with Crippen LogP contribution in [0.25, 0.3) is 11.4 Å². The molecule has 1 unspecified atom stereocenters. The van der Waals surface area contributed by atoms with Gasteiger partial charge in [-0.25, -0.2) is 9.97 Å². The van der Waals surface area contributed by atoms with Crippen LogP contribution in [0.3, 0.4) is 0 Å². The number of carbonyl (C=O) groups is 2. The van der Waals surface area contributed by atoms with Crippen molar-refractivity contribution < 1.29 is 19.4 Å². The summed E-state index contributed by atoms with van der Waals surface area (Å²) in [7, 11) is 0. The third-order valence-corrected chi connectivity index (χ3v) is 6.79. The first kappa shape index (κ1) is 25.0. The minimum atomic E-state index is -0.767. The third kappa shape index (κ3) is 4.47. The van der Waals surface area contributed by atoms with E-state index in [0.29, 0.717) is 48.8 Å². The molecule has 1 aliphatic heterocycles. The van der Waals surface area contributed by atoms with Crippen LogP contribution in [0.15, 0.2) is 79.5 Å². The Balaban J connectivity index is 1.57. The predicted molar refractivity (Wildman–Crippen MR) is 143 cm³/mol. The molecule has 38 heavy (non-hydrogen) atoms. The number of aryl methyl sites for hydroxylation is 3. The van der Waals surface area contributed by atoms with Crippen molar-refractivity contribution in [2.75, 3.05) is 13.2 Å². The number of hydrogen-bond donors (Lipinski definition) is 1. The lowest BCUT2D eigenvalue weighted by Crippen LogP contribution is -2.31. The highest BCUT2D eigenvalue weighted by Crippen LogP contribution is 2.40. The zero-order valence-electron chi connectivity index (χ0n) is 21.4. The van der Waals surface area contributed by atoms with Crippen molar-refractivity contribution in [1.82, 2.24) is 23.8 Å². The second kappa shape index (κ2) is 10.4. The van der Waals surface area contributed by atoms with E-state index in [0.717, 1.165) is 5.56 Å². The number of fused-ring (bicyclic) bond motifs is 1. The van der Waals surface area contributed by atoms with Crippen LogP contribution in [-0.2, 0) is 16.1 Å². The number of hydrogen-bond acceptors (Lipinski definition) is 6. The fraction of sp³-hybridized carbons (Fsp3) is 0.241. The third-order valence-electron chi connectivity index (χ3n) is 6.79. The van der Waals surface area contributed by atoms with E-state index in [1.807, 2.05) is 59.5 Å². The van der Waals surface area contributed by atoms with E-state index in [1.54, 1.807) is 30.7 Å². The molecule has 9 heteroatoms. The van der Waals surface area contributed by atoms with Crippen molar-refractivity contribution in [3.63, 3.8) is 0 Å². The Morgan fingerprint density at radius 3 is 2.61 bits per heavy atom. The number of aromatic nitrogens is 4. The molecular weight excluding hydrogens is 482 g/mol. The number of ether oxygens (including phenoxy) is 1. The Bertz CT molecular complexity index is 1530. The van der Waals surface area contributed by atoms with Crippen LogP contribution in [0.4, 0.5) is 0 Å². The Morgan fingerprint density at radius 2 is 1.92 bits per heavy atom. The zero-order valence-corrected chi connectivity index (χ0v) is 21.4. The number of rotatable bonds is 9. The first-order valence-corrected chi connectivity index (χ1v) is 12.4. The van der Waals surface area contributed by atoms with Crippen molar-refractivity contribution in [2.45, 2.75) is 32.9 Å². The number of ketones is 1. The molecule has 0 radical (unpaired) electrons. The van der Waals surface area contributed by atoms with Crippen molar-refractivity contribution >= 4 is 23.1 Å². The summed E-state index contributed by atoms with van der Waals surface area (Å²) in [6.45, 7) is 8.74. The van der Waals surface area contributed by atoms with Crippen molar-refractivity contribution in [3.05, 3.63) is 102 Å². The maximum atomic E-state index is 13.4. The number of pyridine rings is 1. The van der Waals surface area contributed by atoms with Crippen molar-refractivity contribution in [1.29, 1.82) is 0 Å². The molecule has 9 nitrogen and oxygen atoms in total. The van der Waals surface area contributed by atoms with Gasteiger partial charge in [0.05, 0.1) is 23.6 Å². The van der Waals surface area contributed by atoms with Crippen LogP contribution in [0, 0.1) is 13.8 Å². The minimum Gasteiger partial charge on any atom is -0.505 e. The lowest BCUT2D eigenvalue weighted by Gasteiger charge is -2.25. The van der Waals surface area contributed by atoms with Crippen molar-refractivity contribution in [3.8, 4) is 5.75 Å². The van der Waals surface area contributed by atoms with E-state index in [1.165, 1.54) is 4.90 Å². The molecule has 3 aromatic heterocycles. The van der Waals surface area contributed by atoms with Gasteiger partial charge >= 0.3 is 0 Å². The summed E-state index contributed by atoms with van der Waals surface area (Å²) < 4.78 is 9.39. The van der Waals surface area contributed by atoms with Gasteiger partial charge in [0.2, 0.25) is 0 Å². The molecule has 5 rings (SSSR count). The number of imidazole rings is 2. The molecule has 1 amide bonds. The Morgan fingerprint density at radius 1 is 1.13 bits per heavy atom. The van der Waals surface area contributed by atoms with Crippen LogP contribution in [0.2, 0.25) is 0 Å². The maximum absolute atomic E-state index is 13.4. The summed E-state index contributed by atoms with van der Waals surface area (Å²) in [4.78, 5) is 36.9. The number of Topliss-reactive ketones (excluding diaryl/α,β-unsaturated/α-hetero) is 1. The molecule has 4 heterocycles. The summed E-state index contributed by atoms with van der Waals surface area (Å²) in [5.74, 6) is -1.02. The van der Waals surface area contributed by atoms with Gasteiger partial charge in [-0.1, -0.05) is 30.9 Å². The van der Waals surface area contributed by atoms with Gasteiger partial charge < -0.3 is 23.7 Å². The average molecular weight is 512 g/mol. The van der Waals surface area contributed by atoms with Crippen LogP contribution in [-0.4, -0.2) is 53.8 Å². The molecule has 1 atom stereocenters. The van der Waals surface area contributed by atoms with Gasteiger partial charge in [0, 0.05) is 31.7 Å². The summed E-state index contributed by atoms with van der Waals surface area (Å²) in [6, 6.07) is 10.2. The van der Waals surface area contributed by atoms with Gasteiger partial charge in [0.25, 0.3) is 11.7 Å². The Hall–Kier alpha value is -4.66. The van der Waals surface area contributed by atoms with Gasteiger partial charge in [-0.15, -0.1) is 0 Å². The highest BCUT2D eigenvalue weighted by Gasteiger charge is 2.46. The topological polar surface area (TPSA) is 102 Å². The quantitative estimate of drug-likeness (QED) is 0.156. The number of benzene rings is 1. The monoisotopic (exact) mass is 511 g/mol. The lowest BCUT2D eigenvalue weighted by atomic mass is 9.96. The molecule has 1 saturated heterocycles. The molecule has 0 saturated carbocycles. The summed E-state index contributed by atoms with van der Waals surface area (Å²) in [5.41, 5.74) is 3.30. The molecular formula is C29H29N5O4. The highest BCUT2D eigenvalue weighted by atomic mass is 16.5. The first-order valence-electron chi connectivity index (χ1n) is 12.4. The van der Waals surface area contributed by atoms with Crippen molar-refractivity contribution in [2.24, 2.45) is 0 Å². The largest absolute Gasteiger partial charge is 0.505 e. The highest BCUT2D eigenvalue weighted by molar-refractivity contribution is 6.46. The molecule has 0 aliphatic carbocycles. The van der Waals surface area contributed by atoms with E-state index >= 15 is 0 Å². The lowest BCUT2D eigenvalue weighted by molar-refractivity contribution is -0.139. The Kier molecular flexibility index (Phi) is 6.83. The van der Waals surface area contributed by atoms with Crippen LogP contribution >= 0.6 is 0 Å². The normalized spacial score (nSPS) is 16.9. The summed E-state index contributed by atoms with van der Waals surface area (Å²) in [5, 5.41) is 11.5. The smallest absolute Gasteiger partial charge is 0.295 e. The van der Waals surface area contributed by atoms with Crippen LogP contribution in [0.5, 0.6) is 5.75 Å². The molecule has 0 spiro atoms. The SMILES string of the molecule is C=CCOc1ccc(C2/C(=C(\O)c3nc4c(C)cccn4c3C)C(=O)C(=O)N2CCCn2ccnc2)cc1. The van der Waals surface area contributed by atoms with E-state index in [9.17, 15) is 14.7 Å². The Labute approximate surface area is 220 Å². The van der Waals surface area contributed by atoms with Gasteiger partial charge in [-0.2, -0.15) is 0 Å². The first-order chi connectivity index (χ1) is 18.4. The molecule has 1 fully saturated rings. The number of aliphatic hydroxyl groups is 1. The second-order valence-electron chi connectivity index (χ2n) is 9.25. The summed E-state index contributed by atoms with van der Waals surface area (Å²) >= 11 is 0. The second-order valence-corrected chi connectivity index (χ2v) is 9.25. The molecule has 194 valence electrons. The van der Waals surface area contributed by atoms with E-state index in [2.05, 4.69) is 16.5 Å². The molecule has 1 aromatic carbocycles. The number of aliphatic hydroxyl groups excluding tert-OH is 1.